The summed E-state index contributed by atoms with van der Waals surface area (Å²) in [7, 11) is 0.724. The van der Waals surface area contributed by atoms with Gasteiger partial charge in [0.2, 0.25) is 0 Å². The molecule has 0 spiro atoms. The van der Waals surface area contributed by atoms with Crippen molar-refractivity contribution in [1.29, 1.82) is 5.41 Å². The van der Waals surface area contributed by atoms with Crippen LogP contribution in [0.2, 0.25) is 4.34 Å². The minimum absolute atomic E-state index is 0.0547. The highest BCUT2D eigenvalue weighted by atomic mass is 35.5. The van der Waals surface area contributed by atoms with E-state index in [4.69, 9.17) is 23.4 Å². The van der Waals surface area contributed by atoms with Gasteiger partial charge in [0.15, 0.2) is 5.69 Å². The van der Waals surface area contributed by atoms with Gasteiger partial charge >= 0.3 is 18.3 Å². The number of halogens is 9. The van der Waals surface area contributed by atoms with Crippen molar-refractivity contribution in [3.63, 3.8) is 0 Å². The van der Waals surface area contributed by atoms with Crippen molar-refractivity contribution in [2.45, 2.75) is 18.3 Å². The number of allylic oxidation sites excluding steroid dienone is 1. The summed E-state index contributed by atoms with van der Waals surface area (Å²) in [6.07, 6.45) is -5.58. The SMILES string of the molecule is C#CCNC(=O)c1cc(/C(C=N)=C/Nc2c(C(F)(F)F)c(C(F)(F)C(F)(F)F)nn2C)sc1Cl. The molecule has 0 atom stereocenters. The molecule has 0 aliphatic heterocycles. The molecule has 0 bridgehead atoms. The zero-order valence-electron chi connectivity index (χ0n) is 16.6. The van der Waals surface area contributed by atoms with E-state index in [1.54, 1.807) is 0 Å². The van der Waals surface area contributed by atoms with Crippen LogP contribution in [0.15, 0.2) is 12.3 Å². The van der Waals surface area contributed by atoms with Crippen LogP contribution in [-0.4, -0.2) is 34.6 Å². The van der Waals surface area contributed by atoms with Gasteiger partial charge < -0.3 is 16.0 Å². The number of aromatic nitrogens is 2. The number of amides is 1. The summed E-state index contributed by atoms with van der Waals surface area (Å²) in [5.74, 6) is -5.65. The molecule has 0 aliphatic carbocycles. The molecule has 184 valence electrons. The number of alkyl halides is 8. The van der Waals surface area contributed by atoms with E-state index in [1.165, 1.54) is 6.07 Å². The first-order valence-corrected chi connectivity index (χ1v) is 9.83. The van der Waals surface area contributed by atoms with E-state index in [0.717, 1.165) is 24.6 Å². The van der Waals surface area contributed by atoms with Crippen LogP contribution in [0.5, 0.6) is 0 Å². The van der Waals surface area contributed by atoms with Crippen molar-refractivity contribution in [2.75, 3.05) is 11.9 Å². The molecular formula is C18H12ClF8N5OS. The molecule has 0 saturated carbocycles. The molecule has 0 aliphatic rings. The average molecular weight is 534 g/mol. The van der Waals surface area contributed by atoms with Gasteiger partial charge in [-0.25, -0.2) is 0 Å². The Hall–Kier alpha value is -3.12. The second-order valence-corrected chi connectivity index (χ2v) is 7.99. The fraction of sp³-hybridized carbons (Fsp3) is 0.278. The number of aryl methyl sites for hydroxylation is 1. The summed E-state index contributed by atoms with van der Waals surface area (Å²) in [5, 5.41) is 14.5. The first-order valence-electron chi connectivity index (χ1n) is 8.64. The van der Waals surface area contributed by atoms with Crippen molar-refractivity contribution in [1.82, 2.24) is 15.1 Å². The number of nitrogens with zero attached hydrogens (tertiary/aromatic N) is 2. The molecule has 0 fully saturated rings. The van der Waals surface area contributed by atoms with E-state index in [1.807, 2.05) is 5.32 Å². The molecular weight excluding hydrogens is 522 g/mol. The number of terminal acetylenes is 1. The number of anilines is 1. The second kappa shape index (κ2) is 9.63. The maximum atomic E-state index is 13.7. The van der Waals surface area contributed by atoms with Crippen LogP contribution in [-0.2, 0) is 19.1 Å². The van der Waals surface area contributed by atoms with Gasteiger partial charge in [0, 0.05) is 29.9 Å². The lowest BCUT2D eigenvalue weighted by Crippen LogP contribution is -2.36. The molecule has 2 aromatic heterocycles. The molecule has 2 rings (SSSR count). The molecule has 16 heteroatoms. The highest BCUT2D eigenvalue weighted by Gasteiger charge is 2.64. The van der Waals surface area contributed by atoms with E-state index < -0.39 is 41.3 Å². The summed E-state index contributed by atoms with van der Waals surface area (Å²) in [4.78, 5) is 12.1. The zero-order chi connectivity index (χ0) is 26.1. The van der Waals surface area contributed by atoms with E-state index in [0.29, 0.717) is 6.21 Å². The van der Waals surface area contributed by atoms with Gasteiger partial charge in [0.1, 0.15) is 15.7 Å². The first kappa shape index (κ1) is 27.1. The lowest BCUT2D eigenvalue weighted by molar-refractivity contribution is -0.292. The molecule has 1 amide bonds. The Kier molecular flexibility index (Phi) is 7.68. The molecule has 0 unspecified atom stereocenters. The Bertz CT molecular complexity index is 1170. The Balaban J connectivity index is 2.53. The number of hydrogen-bond donors (Lipinski definition) is 3. The summed E-state index contributed by atoms with van der Waals surface area (Å²) < 4.78 is 106. The normalized spacial score (nSPS) is 12.9. The summed E-state index contributed by atoms with van der Waals surface area (Å²) in [6.45, 7) is -0.124. The maximum absolute atomic E-state index is 13.7. The van der Waals surface area contributed by atoms with Gasteiger partial charge in [-0.3, -0.25) is 9.48 Å². The van der Waals surface area contributed by atoms with Crippen molar-refractivity contribution in [3.8, 4) is 12.3 Å². The van der Waals surface area contributed by atoms with Crippen LogP contribution in [0.4, 0.5) is 40.9 Å². The van der Waals surface area contributed by atoms with Crippen LogP contribution in [0.25, 0.3) is 5.57 Å². The smallest absolute Gasteiger partial charge is 0.346 e. The van der Waals surface area contributed by atoms with Crippen LogP contribution in [0, 0.1) is 17.8 Å². The third-order valence-electron chi connectivity index (χ3n) is 4.07. The lowest BCUT2D eigenvalue weighted by Gasteiger charge is -2.19. The predicted octanol–water partition coefficient (Wildman–Crippen LogP) is 5.27. The highest BCUT2D eigenvalue weighted by Crippen LogP contribution is 2.49. The van der Waals surface area contributed by atoms with Crippen LogP contribution in [0.3, 0.4) is 0 Å². The first-order chi connectivity index (χ1) is 15.6. The van der Waals surface area contributed by atoms with E-state index >= 15 is 0 Å². The lowest BCUT2D eigenvalue weighted by atomic mass is 10.1. The Morgan fingerprint density at radius 2 is 1.91 bits per heavy atom. The van der Waals surface area contributed by atoms with Gasteiger partial charge in [0.05, 0.1) is 12.1 Å². The van der Waals surface area contributed by atoms with E-state index in [9.17, 15) is 39.9 Å². The van der Waals surface area contributed by atoms with Crippen molar-refractivity contribution < 1.29 is 39.9 Å². The fourth-order valence-electron chi connectivity index (χ4n) is 2.53. The van der Waals surface area contributed by atoms with Gasteiger partial charge in [-0.1, -0.05) is 17.5 Å². The maximum Gasteiger partial charge on any atom is 0.459 e. The number of thiophene rings is 1. The summed E-state index contributed by atoms with van der Waals surface area (Å²) in [5.41, 5.74) is -5.11. The molecule has 0 saturated heterocycles. The number of nitrogens with one attached hydrogen (secondary N) is 3. The Morgan fingerprint density at radius 1 is 1.29 bits per heavy atom. The van der Waals surface area contributed by atoms with Crippen molar-refractivity contribution >= 4 is 46.5 Å². The van der Waals surface area contributed by atoms with Gasteiger partial charge in [0.25, 0.3) is 5.91 Å². The van der Waals surface area contributed by atoms with Gasteiger partial charge in [-0.2, -0.15) is 40.2 Å². The van der Waals surface area contributed by atoms with Crippen molar-refractivity contribution in [2.24, 2.45) is 7.05 Å². The fourth-order valence-corrected chi connectivity index (χ4v) is 3.79. The molecule has 34 heavy (non-hydrogen) atoms. The zero-order valence-corrected chi connectivity index (χ0v) is 18.2. The third-order valence-corrected chi connectivity index (χ3v) is 5.48. The van der Waals surface area contributed by atoms with Crippen LogP contribution < -0.4 is 10.6 Å². The molecule has 6 nitrogen and oxygen atoms in total. The predicted molar refractivity (Wildman–Crippen MR) is 109 cm³/mol. The topological polar surface area (TPSA) is 82.8 Å². The Labute approximate surface area is 195 Å². The molecule has 2 heterocycles. The Morgan fingerprint density at radius 3 is 2.41 bits per heavy atom. The molecule has 2 aromatic rings. The standard InChI is InChI=1S/C18H12ClF8N5OS/c1-3-4-29-15(33)9-5-10(34-13(9)19)8(6-28)7-30-14-11(17(22,23)24)12(31-32(14)2)16(20,21)18(25,26)27/h1,5-7,28,30H,4H2,2H3,(H,29,33)/b8-7+,28-6?. The summed E-state index contributed by atoms with van der Waals surface area (Å²) >= 11 is 6.72. The monoisotopic (exact) mass is 533 g/mol. The van der Waals surface area contributed by atoms with Crippen LogP contribution in [0.1, 0.15) is 26.5 Å². The van der Waals surface area contributed by atoms with Crippen molar-refractivity contribution in [3.05, 3.63) is 38.3 Å². The number of hydrogen-bond acceptors (Lipinski definition) is 5. The molecule has 0 aromatic carbocycles. The third kappa shape index (κ3) is 5.33. The number of carbonyl (C=O) groups is 1. The second-order valence-electron chi connectivity index (χ2n) is 6.34. The minimum Gasteiger partial charge on any atom is -0.346 e. The summed E-state index contributed by atoms with van der Waals surface area (Å²) in [6, 6.07) is 1.19. The van der Waals surface area contributed by atoms with E-state index in [-0.39, 0.29) is 31.6 Å². The average Bonchev–Trinajstić information content (AvgIpc) is 3.26. The number of rotatable bonds is 7. The quantitative estimate of drug-likeness (QED) is 0.257. The minimum atomic E-state index is -6.33. The largest absolute Gasteiger partial charge is 0.459 e. The number of carbonyl (C=O) groups excluding carboxylic acids is 1. The van der Waals surface area contributed by atoms with Gasteiger partial charge in [-0.05, 0) is 6.07 Å². The molecule has 0 radical (unpaired) electrons. The van der Waals surface area contributed by atoms with Crippen LogP contribution >= 0.6 is 22.9 Å². The van der Waals surface area contributed by atoms with Gasteiger partial charge in [-0.15, -0.1) is 17.8 Å². The van der Waals surface area contributed by atoms with E-state index in [2.05, 4.69) is 16.3 Å². The highest BCUT2D eigenvalue weighted by molar-refractivity contribution is 7.17. The molecule has 3 N–H and O–H groups in total.